The van der Waals surface area contributed by atoms with Gasteiger partial charge in [0.25, 0.3) is 0 Å². The van der Waals surface area contributed by atoms with E-state index < -0.39 is 42.3 Å². The van der Waals surface area contributed by atoms with Gasteiger partial charge in [-0.2, -0.15) is 0 Å². The van der Waals surface area contributed by atoms with E-state index in [2.05, 4.69) is 0 Å². The van der Waals surface area contributed by atoms with Crippen LogP contribution in [-0.2, 0) is 19.2 Å². The third kappa shape index (κ3) is 100. The second kappa shape index (κ2) is 77.7. The Hall–Kier alpha value is 8.16. The minimum absolute atomic E-state index is 0. The van der Waals surface area contributed by atoms with Gasteiger partial charge in [-0.25, -0.2) is 0 Å². The van der Waals surface area contributed by atoms with Crippen molar-refractivity contribution in [1.29, 1.82) is 0 Å². The standard InChI is InChI=1S/C6H8O7.C2H4O2.Ca.6ClH.K.Mg.5Na.2H2O/c7-3(8)1-6(13,5(11)12)2-4(9)10;1-2(3)4;;;;;;;;;;;;;;;;/h13H,1-2H2,(H,7,8)(H,9,10)(H,11,12);1H3,(H,3,4);;6*1H;;;;;;;;2*1H2/q;;+2;;;;;;;+1;+2;5*+1;;/p-10. The van der Waals surface area contributed by atoms with Crippen molar-refractivity contribution in [1.82, 2.24) is 0 Å². The van der Waals surface area contributed by atoms with Gasteiger partial charge in [0.2, 0.25) is 0 Å². The summed E-state index contributed by atoms with van der Waals surface area (Å²) >= 11 is 0. The molecule has 0 saturated heterocycles. The van der Waals surface area contributed by atoms with Crippen LogP contribution in [0.2, 0.25) is 0 Å². The summed E-state index contributed by atoms with van der Waals surface area (Å²) in [5.74, 6) is -7.07. The first-order valence-electron chi connectivity index (χ1n) is 4.02. The van der Waals surface area contributed by atoms with Crippen molar-refractivity contribution in [2.75, 3.05) is 0 Å². The van der Waals surface area contributed by atoms with E-state index >= 15 is 0 Å². The number of carboxylic acids is 4. The zero-order chi connectivity index (χ0) is 14.2. The normalized spacial score (nSPS) is 5.03. The molecule has 0 heterocycles. The minimum atomic E-state index is -2.97. The van der Waals surface area contributed by atoms with E-state index in [0.717, 1.165) is 6.92 Å². The molecule has 0 radical (unpaired) electrons. The molecule has 0 unspecified atom stereocenters. The Bertz CT molecular complexity index is 359. The van der Waals surface area contributed by atoms with Crippen LogP contribution in [0.25, 0.3) is 0 Å². The molecule has 0 saturated carbocycles. The van der Waals surface area contributed by atoms with Crippen LogP contribution in [0.15, 0.2) is 0 Å². The van der Waals surface area contributed by atoms with Gasteiger partial charge in [0, 0.05) is 30.7 Å². The number of aliphatic carboxylic acids is 4. The van der Waals surface area contributed by atoms with Gasteiger partial charge in [-0.05, 0) is 6.92 Å². The molecule has 33 heavy (non-hydrogen) atoms. The number of aliphatic hydroxyl groups is 1. The summed E-state index contributed by atoms with van der Waals surface area (Å²) in [7, 11) is 0. The van der Waals surface area contributed by atoms with Crippen molar-refractivity contribution in [2.45, 2.75) is 25.4 Å². The summed E-state index contributed by atoms with van der Waals surface area (Å²) < 4.78 is 0. The van der Waals surface area contributed by atoms with Crippen molar-refractivity contribution in [3.63, 3.8) is 0 Å². The largest absolute Gasteiger partial charge is 2.00 e. The molecular weight excluding hydrogens is 703 g/mol. The number of carboxylic acid groups (broad SMARTS) is 4. The van der Waals surface area contributed by atoms with Crippen molar-refractivity contribution >= 4 is 84.7 Å². The molecule has 0 aliphatic heterocycles. The molecule has 25 heteroatoms. The summed E-state index contributed by atoms with van der Waals surface area (Å²) in [6.45, 7) is 0.972. The van der Waals surface area contributed by atoms with E-state index in [1.54, 1.807) is 0 Å². The van der Waals surface area contributed by atoms with Crippen LogP contribution in [0.4, 0.5) is 0 Å². The predicted molar refractivity (Wildman–Crippen MR) is 58.6 cm³/mol. The average Bonchev–Trinajstić information content (AvgIpc) is 1.98. The molecule has 0 bridgehead atoms. The van der Waals surface area contributed by atoms with Gasteiger partial charge in [0.1, 0.15) is 5.60 Å². The fourth-order valence-corrected chi connectivity index (χ4v) is 0.684. The molecule has 0 aliphatic rings. The Morgan fingerprint density at radius 2 is 0.788 bits per heavy atom. The Morgan fingerprint density at radius 1 is 0.667 bits per heavy atom. The Balaban J connectivity index is -0.00000000659. The van der Waals surface area contributed by atoms with Crippen LogP contribution in [0, 0.1) is 0 Å². The van der Waals surface area contributed by atoms with Crippen LogP contribution < -0.4 is 294 Å². The number of hydrogen-bond acceptors (Lipinski definition) is 9. The SMILES string of the molecule is CC(=O)[O-].O.O.O=C([O-])CC(O)(CC(=O)[O-])C(=O)[O-].[Ca+2].[Cl-].[Cl-].[Cl-].[Cl-].[Cl-].[Cl-].[K+].[Mg+2].[Na+].[Na+].[Na+].[Na+].[Na+]. The van der Waals surface area contributed by atoms with Gasteiger partial charge in [-0.1, -0.05) is 0 Å². The molecule has 0 aromatic carbocycles. The monoisotopic (exact) mass is 712 g/mol. The minimum Gasteiger partial charge on any atom is -1.00 e. The Kier molecular flexibility index (Phi) is 291. The fourth-order valence-electron chi connectivity index (χ4n) is 0.684. The molecular formula is C8H12CaCl6KMgNa5O11. The van der Waals surface area contributed by atoms with E-state index in [0.29, 0.717) is 0 Å². The molecule has 0 aromatic rings. The molecule has 162 valence electrons. The zero-order valence-electron chi connectivity index (χ0n) is 19.3. The smallest absolute Gasteiger partial charge is 1.00 e. The van der Waals surface area contributed by atoms with Gasteiger partial charge in [-0.15, -0.1) is 0 Å². The maximum Gasteiger partial charge on any atom is 2.00 e. The molecule has 0 aromatic heterocycles. The number of halogens is 6. The molecule has 0 aliphatic carbocycles. The summed E-state index contributed by atoms with van der Waals surface area (Å²) in [5, 5.41) is 47.8. The van der Waals surface area contributed by atoms with Crippen LogP contribution in [0.1, 0.15) is 19.8 Å². The number of rotatable bonds is 5. The quantitative estimate of drug-likeness (QED) is 0.265. The summed E-state index contributed by atoms with van der Waals surface area (Å²) in [6, 6.07) is 0. The van der Waals surface area contributed by atoms with Gasteiger partial charge < -0.3 is 130 Å². The van der Waals surface area contributed by atoms with Gasteiger partial charge in [0.15, 0.2) is 0 Å². The molecule has 0 spiro atoms. The number of carbonyl (C=O) groups is 4. The summed E-state index contributed by atoms with van der Waals surface area (Å²) in [6.07, 6.45) is -2.72. The summed E-state index contributed by atoms with van der Waals surface area (Å²) in [4.78, 5) is 38.9. The van der Waals surface area contributed by atoms with Gasteiger partial charge in [0.05, 0.1) is 5.97 Å². The third-order valence-corrected chi connectivity index (χ3v) is 1.25. The maximum absolute atomic E-state index is 10.1. The second-order valence-electron chi connectivity index (χ2n) is 2.91. The van der Waals surface area contributed by atoms with E-state index in [-0.39, 0.29) is 345 Å². The molecule has 0 amide bonds. The Morgan fingerprint density at radius 3 is 0.848 bits per heavy atom. The second-order valence-corrected chi connectivity index (χ2v) is 2.91. The third-order valence-electron chi connectivity index (χ3n) is 1.25. The van der Waals surface area contributed by atoms with Crippen LogP contribution in [-0.4, -0.2) is 106 Å². The molecule has 11 nitrogen and oxygen atoms in total. The molecule has 0 rings (SSSR count). The van der Waals surface area contributed by atoms with Crippen LogP contribution >= 0.6 is 0 Å². The number of hydrogen-bond donors (Lipinski definition) is 1. The molecule has 0 atom stereocenters. The van der Waals surface area contributed by atoms with Crippen molar-refractivity contribution < 1.29 is 329 Å². The van der Waals surface area contributed by atoms with Crippen LogP contribution in [0.5, 0.6) is 0 Å². The topological polar surface area (TPSA) is 244 Å². The van der Waals surface area contributed by atoms with Crippen LogP contribution in [0.3, 0.4) is 0 Å². The average molecular weight is 715 g/mol. The van der Waals surface area contributed by atoms with Gasteiger partial charge in [-0.3, -0.25) is 0 Å². The molecule has 0 fully saturated rings. The first-order chi connectivity index (χ1) is 7.51. The summed E-state index contributed by atoms with van der Waals surface area (Å²) in [5.41, 5.74) is -2.97. The van der Waals surface area contributed by atoms with Crippen molar-refractivity contribution in [3.05, 3.63) is 0 Å². The van der Waals surface area contributed by atoms with E-state index in [1.807, 2.05) is 0 Å². The predicted octanol–water partition coefficient (Wildman–Crippen LogP) is -44.9. The zero-order valence-corrected chi connectivity index (χ0v) is 40.6. The number of carbonyl (C=O) groups excluding carboxylic acids is 4. The van der Waals surface area contributed by atoms with Crippen molar-refractivity contribution in [2.24, 2.45) is 0 Å². The first-order valence-corrected chi connectivity index (χ1v) is 4.02. The first kappa shape index (κ1) is 124. The van der Waals surface area contributed by atoms with E-state index in [4.69, 9.17) is 15.0 Å². The Labute approximate surface area is 428 Å². The van der Waals surface area contributed by atoms with Gasteiger partial charge >= 0.3 is 260 Å². The molecule has 5 N–H and O–H groups in total. The van der Waals surface area contributed by atoms with E-state index in [9.17, 15) is 29.7 Å². The van der Waals surface area contributed by atoms with E-state index in [1.165, 1.54) is 0 Å². The maximum atomic E-state index is 10.1. The van der Waals surface area contributed by atoms with Crippen molar-refractivity contribution in [3.8, 4) is 0 Å². The fraction of sp³-hybridized carbons (Fsp3) is 0.500.